The van der Waals surface area contributed by atoms with Crippen LogP contribution in [-0.4, -0.2) is 16.7 Å². The number of hydrogen-bond acceptors (Lipinski definition) is 2. The van der Waals surface area contributed by atoms with Gasteiger partial charge < -0.3 is 10.2 Å². The average Bonchev–Trinajstić information content (AvgIpc) is 2.71. The number of aryl methyl sites for hydroxylation is 2. The van der Waals surface area contributed by atoms with Crippen LogP contribution in [0.1, 0.15) is 22.3 Å². The Morgan fingerprint density at radius 3 is 1.86 bits per heavy atom. The van der Waals surface area contributed by atoms with Crippen molar-refractivity contribution in [2.75, 3.05) is 5.32 Å². The monoisotopic (exact) mass is 406 g/mol. The first kappa shape index (κ1) is 20.6. The Morgan fingerprint density at radius 1 is 0.862 bits per heavy atom. The van der Waals surface area contributed by atoms with E-state index >= 15 is 0 Å². The SMILES string of the molecule is Cc1cc(C)c(NC(=O)C(=O)N(Cc2ccccc2)Cc2ccccc2)c(Cl)c1. The fourth-order valence-corrected chi connectivity index (χ4v) is 3.56. The van der Waals surface area contributed by atoms with Crippen molar-refractivity contribution in [2.24, 2.45) is 0 Å². The molecule has 2 amide bonds. The molecule has 0 aliphatic heterocycles. The van der Waals surface area contributed by atoms with Gasteiger partial charge in [0.2, 0.25) is 0 Å². The van der Waals surface area contributed by atoms with Gasteiger partial charge in [-0.3, -0.25) is 9.59 Å². The molecule has 3 rings (SSSR count). The normalized spacial score (nSPS) is 10.4. The highest BCUT2D eigenvalue weighted by Crippen LogP contribution is 2.27. The van der Waals surface area contributed by atoms with Crippen LogP contribution in [0.5, 0.6) is 0 Å². The maximum Gasteiger partial charge on any atom is 0.313 e. The maximum atomic E-state index is 13.0. The van der Waals surface area contributed by atoms with Crippen molar-refractivity contribution >= 4 is 29.1 Å². The highest BCUT2D eigenvalue weighted by atomic mass is 35.5. The quantitative estimate of drug-likeness (QED) is 0.597. The first-order valence-corrected chi connectivity index (χ1v) is 9.76. The number of hydrogen-bond donors (Lipinski definition) is 1. The molecule has 148 valence electrons. The first-order chi connectivity index (χ1) is 13.9. The van der Waals surface area contributed by atoms with Crippen molar-refractivity contribution in [3.63, 3.8) is 0 Å². The van der Waals surface area contributed by atoms with Gasteiger partial charge in [-0.2, -0.15) is 0 Å². The minimum Gasteiger partial charge on any atom is -0.326 e. The zero-order valence-electron chi connectivity index (χ0n) is 16.5. The number of nitrogens with one attached hydrogen (secondary N) is 1. The lowest BCUT2D eigenvalue weighted by molar-refractivity contribution is -0.144. The third kappa shape index (κ3) is 5.46. The molecule has 0 aromatic heterocycles. The number of benzene rings is 3. The number of nitrogens with zero attached hydrogens (tertiary/aromatic N) is 1. The van der Waals surface area contributed by atoms with Gasteiger partial charge in [0.15, 0.2) is 0 Å². The van der Waals surface area contributed by atoms with Gasteiger partial charge in [-0.15, -0.1) is 0 Å². The van der Waals surface area contributed by atoms with Crippen LogP contribution in [0.3, 0.4) is 0 Å². The summed E-state index contributed by atoms with van der Waals surface area (Å²) in [6.45, 7) is 4.45. The van der Waals surface area contributed by atoms with E-state index in [0.29, 0.717) is 23.8 Å². The molecular weight excluding hydrogens is 384 g/mol. The van der Waals surface area contributed by atoms with Gasteiger partial charge in [-0.25, -0.2) is 0 Å². The van der Waals surface area contributed by atoms with E-state index in [-0.39, 0.29) is 0 Å². The lowest BCUT2D eigenvalue weighted by atomic mass is 10.1. The Bertz CT molecular complexity index is 939. The Kier molecular flexibility index (Phi) is 6.68. The van der Waals surface area contributed by atoms with E-state index in [1.54, 1.807) is 6.07 Å². The van der Waals surface area contributed by atoms with Crippen LogP contribution >= 0.6 is 11.6 Å². The van der Waals surface area contributed by atoms with Gasteiger partial charge in [0.25, 0.3) is 0 Å². The summed E-state index contributed by atoms with van der Waals surface area (Å²) >= 11 is 6.28. The smallest absolute Gasteiger partial charge is 0.313 e. The summed E-state index contributed by atoms with van der Waals surface area (Å²) in [4.78, 5) is 27.3. The van der Waals surface area contributed by atoms with Crippen LogP contribution < -0.4 is 5.32 Å². The molecule has 4 nitrogen and oxygen atoms in total. The molecule has 0 spiro atoms. The summed E-state index contributed by atoms with van der Waals surface area (Å²) in [6, 6.07) is 22.9. The topological polar surface area (TPSA) is 49.4 Å². The molecule has 0 bridgehead atoms. The van der Waals surface area contributed by atoms with Crippen LogP contribution in [0.2, 0.25) is 5.02 Å². The fourth-order valence-electron chi connectivity index (χ4n) is 3.19. The standard InChI is InChI=1S/C24H23ClN2O2/c1-17-13-18(2)22(21(25)14-17)26-23(28)24(29)27(15-19-9-5-3-6-10-19)16-20-11-7-4-8-12-20/h3-14H,15-16H2,1-2H3,(H,26,28). The summed E-state index contributed by atoms with van der Waals surface area (Å²) in [5.74, 6) is -1.31. The second kappa shape index (κ2) is 9.39. The minimum absolute atomic E-state index is 0.336. The maximum absolute atomic E-state index is 13.0. The zero-order chi connectivity index (χ0) is 20.8. The third-order valence-corrected chi connectivity index (χ3v) is 4.88. The van der Waals surface area contributed by atoms with Crippen LogP contribution in [0, 0.1) is 13.8 Å². The van der Waals surface area contributed by atoms with Crippen LogP contribution in [-0.2, 0) is 22.7 Å². The van der Waals surface area contributed by atoms with E-state index in [9.17, 15) is 9.59 Å². The number of amides is 2. The van der Waals surface area contributed by atoms with Crippen LogP contribution in [0.25, 0.3) is 0 Å². The molecule has 29 heavy (non-hydrogen) atoms. The second-order valence-corrected chi connectivity index (χ2v) is 7.43. The number of halogens is 1. The van der Waals surface area contributed by atoms with Crippen molar-refractivity contribution < 1.29 is 9.59 Å². The molecule has 0 atom stereocenters. The number of carbonyl (C=O) groups excluding carboxylic acids is 2. The Hall–Kier alpha value is -3.11. The highest BCUT2D eigenvalue weighted by molar-refractivity contribution is 6.41. The molecule has 5 heteroatoms. The summed E-state index contributed by atoms with van der Waals surface area (Å²) in [5, 5.41) is 3.11. The lowest BCUT2D eigenvalue weighted by Crippen LogP contribution is -2.39. The van der Waals surface area contributed by atoms with Crippen molar-refractivity contribution in [3.05, 3.63) is 100 Å². The minimum atomic E-state index is -0.703. The largest absolute Gasteiger partial charge is 0.326 e. The fraction of sp³-hybridized carbons (Fsp3) is 0.167. The second-order valence-electron chi connectivity index (χ2n) is 7.03. The molecule has 0 unspecified atom stereocenters. The predicted octanol–water partition coefficient (Wildman–Crippen LogP) is 5.12. The number of carbonyl (C=O) groups is 2. The molecule has 0 aliphatic carbocycles. The molecule has 0 radical (unpaired) electrons. The van der Waals surface area contributed by atoms with E-state index in [1.165, 1.54) is 4.90 Å². The van der Waals surface area contributed by atoms with E-state index < -0.39 is 11.8 Å². The molecule has 0 saturated heterocycles. The number of anilines is 1. The molecule has 1 N–H and O–H groups in total. The highest BCUT2D eigenvalue weighted by Gasteiger charge is 2.24. The molecule has 0 fully saturated rings. The van der Waals surface area contributed by atoms with Gasteiger partial charge >= 0.3 is 11.8 Å². The Morgan fingerprint density at radius 2 is 1.38 bits per heavy atom. The predicted molar refractivity (Wildman–Crippen MR) is 117 cm³/mol. The summed E-state index contributed by atoms with van der Waals surface area (Å²) in [7, 11) is 0. The summed E-state index contributed by atoms with van der Waals surface area (Å²) in [5.41, 5.74) is 4.18. The first-order valence-electron chi connectivity index (χ1n) is 9.39. The van der Waals surface area contributed by atoms with Gasteiger partial charge in [0.1, 0.15) is 0 Å². The average molecular weight is 407 g/mol. The molecule has 0 saturated carbocycles. The molecule has 0 aliphatic rings. The van der Waals surface area contributed by atoms with Crippen molar-refractivity contribution in [2.45, 2.75) is 26.9 Å². The number of rotatable bonds is 5. The van der Waals surface area contributed by atoms with E-state index in [2.05, 4.69) is 5.32 Å². The summed E-state index contributed by atoms with van der Waals surface area (Å²) < 4.78 is 0. The van der Waals surface area contributed by atoms with E-state index in [0.717, 1.165) is 22.3 Å². The Balaban J connectivity index is 1.82. The molecule has 3 aromatic rings. The lowest BCUT2D eigenvalue weighted by Gasteiger charge is -2.23. The third-order valence-electron chi connectivity index (χ3n) is 4.58. The van der Waals surface area contributed by atoms with E-state index in [4.69, 9.17) is 11.6 Å². The molecule has 3 aromatic carbocycles. The van der Waals surface area contributed by atoms with Crippen molar-refractivity contribution in [1.82, 2.24) is 4.90 Å². The van der Waals surface area contributed by atoms with Gasteiger partial charge in [-0.05, 0) is 42.2 Å². The van der Waals surface area contributed by atoms with Gasteiger partial charge in [0, 0.05) is 13.1 Å². The zero-order valence-corrected chi connectivity index (χ0v) is 17.2. The van der Waals surface area contributed by atoms with Crippen molar-refractivity contribution in [1.29, 1.82) is 0 Å². The van der Waals surface area contributed by atoms with Gasteiger partial charge in [-0.1, -0.05) is 78.3 Å². The van der Waals surface area contributed by atoms with Crippen LogP contribution in [0.4, 0.5) is 5.69 Å². The molecular formula is C24H23ClN2O2. The summed E-state index contributed by atoms with van der Waals surface area (Å²) in [6.07, 6.45) is 0. The van der Waals surface area contributed by atoms with Crippen LogP contribution in [0.15, 0.2) is 72.8 Å². The van der Waals surface area contributed by atoms with E-state index in [1.807, 2.05) is 80.6 Å². The molecule has 0 heterocycles. The Labute approximate surface area is 176 Å². The van der Waals surface area contributed by atoms with Gasteiger partial charge in [0.05, 0.1) is 10.7 Å². The van der Waals surface area contributed by atoms with Crippen molar-refractivity contribution in [3.8, 4) is 0 Å².